The summed E-state index contributed by atoms with van der Waals surface area (Å²) in [4.78, 5) is 34.9. The Balaban J connectivity index is 1.82. The first-order valence-electron chi connectivity index (χ1n) is 8.49. The lowest BCUT2D eigenvalue weighted by atomic mass is 9.87. The monoisotopic (exact) mass is 427 g/mol. The van der Waals surface area contributed by atoms with Crippen LogP contribution in [0.2, 0.25) is 5.02 Å². The highest BCUT2D eigenvalue weighted by Crippen LogP contribution is 2.36. The highest BCUT2D eigenvalue weighted by atomic mass is 35.5. The highest BCUT2D eigenvalue weighted by Gasteiger charge is 2.30. The van der Waals surface area contributed by atoms with Crippen molar-refractivity contribution < 1.29 is 14.5 Å². The van der Waals surface area contributed by atoms with Crippen molar-refractivity contribution >= 4 is 40.7 Å². The number of amides is 1. The van der Waals surface area contributed by atoms with E-state index in [2.05, 4.69) is 11.4 Å². The SMILES string of the molecule is N#CC1=C(SCC(=O)c2ccc(Cl)cc2)NC(=O)CC1c1ccc([N+](=O)[O-])cc1. The van der Waals surface area contributed by atoms with Crippen LogP contribution >= 0.6 is 23.4 Å². The molecule has 9 heteroatoms. The lowest BCUT2D eigenvalue weighted by Gasteiger charge is -2.25. The summed E-state index contributed by atoms with van der Waals surface area (Å²) in [6.07, 6.45) is 0.0515. The maximum absolute atomic E-state index is 12.4. The number of carbonyl (C=O) groups is 2. The summed E-state index contributed by atoms with van der Waals surface area (Å²) in [5.74, 6) is -0.935. The quantitative estimate of drug-likeness (QED) is 0.419. The number of benzene rings is 2. The molecule has 1 N–H and O–H groups in total. The van der Waals surface area contributed by atoms with Crippen LogP contribution < -0.4 is 5.32 Å². The molecule has 7 nitrogen and oxygen atoms in total. The van der Waals surface area contributed by atoms with E-state index in [4.69, 9.17) is 11.6 Å². The van der Waals surface area contributed by atoms with Gasteiger partial charge in [0.15, 0.2) is 5.78 Å². The molecule has 0 radical (unpaired) electrons. The largest absolute Gasteiger partial charge is 0.320 e. The van der Waals surface area contributed by atoms with Crippen LogP contribution in [-0.2, 0) is 4.79 Å². The molecule has 1 unspecified atom stereocenters. The van der Waals surface area contributed by atoms with Gasteiger partial charge in [-0.15, -0.1) is 0 Å². The molecule has 29 heavy (non-hydrogen) atoms. The predicted octanol–water partition coefficient (Wildman–Crippen LogP) is 4.20. The summed E-state index contributed by atoms with van der Waals surface area (Å²) in [6.45, 7) is 0. The number of nitrogens with zero attached hydrogens (tertiary/aromatic N) is 2. The molecule has 1 amide bonds. The maximum Gasteiger partial charge on any atom is 0.269 e. The van der Waals surface area contributed by atoms with Gasteiger partial charge in [-0.1, -0.05) is 35.5 Å². The van der Waals surface area contributed by atoms with Gasteiger partial charge in [-0.2, -0.15) is 5.26 Å². The molecular weight excluding hydrogens is 414 g/mol. The first-order chi connectivity index (χ1) is 13.9. The Labute approximate surface area is 175 Å². The molecule has 3 rings (SSSR count). The van der Waals surface area contributed by atoms with Gasteiger partial charge >= 0.3 is 0 Å². The number of non-ortho nitro benzene ring substituents is 1. The fraction of sp³-hybridized carbons (Fsp3) is 0.150. The lowest BCUT2D eigenvalue weighted by Crippen LogP contribution is -2.31. The van der Waals surface area contributed by atoms with Gasteiger partial charge in [0.1, 0.15) is 0 Å². The second-order valence-electron chi connectivity index (χ2n) is 6.23. The van der Waals surface area contributed by atoms with Crippen LogP contribution in [0.25, 0.3) is 0 Å². The molecule has 1 atom stereocenters. The number of nitriles is 1. The highest BCUT2D eigenvalue weighted by molar-refractivity contribution is 8.03. The Morgan fingerprint density at radius 1 is 1.24 bits per heavy atom. The minimum absolute atomic E-state index is 0.0371. The van der Waals surface area contributed by atoms with E-state index in [9.17, 15) is 25.0 Å². The fourth-order valence-electron chi connectivity index (χ4n) is 2.90. The number of carbonyl (C=O) groups excluding carboxylic acids is 2. The summed E-state index contributed by atoms with van der Waals surface area (Å²) < 4.78 is 0. The summed E-state index contributed by atoms with van der Waals surface area (Å²) in [5.41, 5.74) is 1.37. The smallest absolute Gasteiger partial charge is 0.269 e. The second kappa shape index (κ2) is 8.90. The van der Waals surface area contributed by atoms with Gasteiger partial charge < -0.3 is 5.32 Å². The van der Waals surface area contributed by atoms with E-state index in [0.717, 1.165) is 11.8 Å². The number of Topliss-reactive ketones (excluding diaryl/α,β-unsaturated/α-hetero) is 1. The first kappa shape index (κ1) is 20.6. The van der Waals surface area contributed by atoms with E-state index < -0.39 is 10.8 Å². The Hall–Kier alpha value is -3.15. The number of allylic oxidation sites excluding steroid dienone is 1. The number of thioether (sulfide) groups is 1. The van der Waals surface area contributed by atoms with Crippen LogP contribution in [0.1, 0.15) is 28.3 Å². The van der Waals surface area contributed by atoms with E-state index in [1.807, 2.05) is 0 Å². The standard InChI is InChI=1S/C20H14ClN3O4S/c21-14-5-1-13(2-6-14)18(25)11-29-20-17(10-22)16(9-19(26)23-20)12-3-7-15(8-4-12)24(27)28/h1-8,16H,9,11H2,(H,23,26). The van der Waals surface area contributed by atoms with Gasteiger partial charge in [0.2, 0.25) is 5.91 Å². The summed E-state index contributed by atoms with van der Waals surface area (Å²) >= 11 is 6.91. The third kappa shape index (κ3) is 4.83. The molecule has 1 heterocycles. The Bertz CT molecular complexity index is 1040. The van der Waals surface area contributed by atoms with Gasteiger partial charge in [-0.05, 0) is 29.8 Å². The second-order valence-corrected chi connectivity index (χ2v) is 7.65. The van der Waals surface area contributed by atoms with E-state index in [1.54, 1.807) is 36.4 Å². The molecular formula is C20H14ClN3O4S. The number of halogens is 1. The van der Waals surface area contributed by atoms with Crippen molar-refractivity contribution in [2.24, 2.45) is 0 Å². The number of ketones is 1. The van der Waals surface area contributed by atoms with E-state index in [-0.39, 0.29) is 29.6 Å². The van der Waals surface area contributed by atoms with Gasteiger partial charge in [-0.25, -0.2) is 0 Å². The number of hydrogen-bond donors (Lipinski definition) is 1. The fourth-order valence-corrected chi connectivity index (χ4v) is 4.00. The van der Waals surface area contributed by atoms with E-state index in [1.165, 1.54) is 12.1 Å². The van der Waals surface area contributed by atoms with Crippen LogP contribution in [0, 0.1) is 21.4 Å². The molecule has 0 saturated heterocycles. The van der Waals surface area contributed by atoms with Gasteiger partial charge in [0.05, 0.1) is 27.3 Å². The maximum atomic E-state index is 12.4. The van der Waals surface area contributed by atoms with Crippen molar-refractivity contribution in [2.75, 3.05) is 5.75 Å². The van der Waals surface area contributed by atoms with Crippen molar-refractivity contribution in [1.82, 2.24) is 5.32 Å². The Morgan fingerprint density at radius 2 is 1.90 bits per heavy atom. The van der Waals surface area contributed by atoms with Crippen molar-refractivity contribution in [3.05, 3.63) is 85.4 Å². The molecule has 1 aliphatic rings. The molecule has 0 aliphatic carbocycles. The Kier molecular flexibility index (Phi) is 6.32. The summed E-state index contributed by atoms with van der Waals surface area (Å²) in [7, 11) is 0. The molecule has 0 bridgehead atoms. The average Bonchev–Trinajstić information content (AvgIpc) is 2.72. The molecule has 2 aromatic rings. The Morgan fingerprint density at radius 3 is 2.48 bits per heavy atom. The third-order valence-corrected chi connectivity index (χ3v) is 5.65. The number of nitrogens with one attached hydrogen (secondary N) is 1. The van der Waals surface area contributed by atoms with Crippen molar-refractivity contribution in [2.45, 2.75) is 12.3 Å². The minimum Gasteiger partial charge on any atom is -0.320 e. The number of nitro benzene ring substituents is 1. The van der Waals surface area contributed by atoms with Crippen LogP contribution in [0.5, 0.6) is 0 Å². The number of rotatable bonds is 6. The zero-order chi connectivity index (χ0) is 21.0. The number of hydrogen-bond acceptors (Lipinski definition) is 6. The lowest BCUT2D eigenvalue weighted by molar-refractivity contribution is -0.384. The van der Waals surface area contributed by atoms with Gasteiger partial charge in [0, 0.05) is 35.1 Å². The first-order valence-corrected chi connectivity index (χ1v) is 9.85. The van der Waals surface area contributed by atoms with Crippen LogP contribution in [0.4, 0.5) is 5.69 Å². The zero-order valence-electron chi connectivity index (χ0n) is 14.9. The normalized spacial score (nSPS) is 16.1. The van der Waals surface area contributed by atoms with E-state index >= 15 is 0 Å². The molecule has 0 saturated carbocycles. The van der Waals surface area contributed by atoms with Gasteiger partial charge in [-0.3, -0.25) is 19.7 Å². The van der Waals surface area contributed by atoms with Crippen molar-refractivity contribution in [3.63, 3.8) is 0 Å². The molecule has 2 aromatic carbocycles. The topological polar surface area (TPSA) is 113 Å². The summed E-state index contributed by atoms with van der Waals surface area (Å²) in [5, 5.41) is 24.0. The van der Waals surface area contributed by atoms with Crippen LogP contribution in [-0.4, -0.2) is 22.4 Å². The zero-order valence-corrected chi connectivity index (χ0v) is 16.5. The molecule has 0 spiro atoms. The molecule has 0 aromatic heterocycles. The predicted molar refractivity (Wildman–Crippen MR) is 109 cm³/mol. The van der Waals surface area contributed by atoms with Crippen molar-refractivity contribution in [3.8, 4) is 6.07 Å². The van der Waals surface area contributed by atoms with Crippen LogP contribution in [0.15, 0.2) is 59.1 Å². The summed E-state index contributed by atoms with van der Waals surface area (Å²) in [6, 6.07) is 14.3. The van der Waals surface area contributed by atoms with Crippen molar-refractivity contribution in [1.29, 1.82) is 5.26 Å². The average molecular weight is 428 g/mol. The van der Waals surface area contributed by atoms with E-state index in [0.29, 0.717) is 26.8 Å². The molecule has 146 valence electrons. The minimum atomic E-state index is -0.525. The molecule has 0 fully saturated rings. The van der Waals surface area contributed by atoms with Gasteiger partial charge in [0.25, 0.3) is 5.69 Å². The molecule has 1 aliphatic heterocycles. The van der Waals surface area contributed by atoms with Crippen LogP contribution in [0.3, 0.4) is 0 Å². The number of nitro groups is 1. The third-order valence-electron chi connectivity index (χ3n) is 4.38.